The van der Waals surface area contributed by atoms with E-state index in [0.717, 1.165) is 16.7 Å². The van der Waals surface area contributed by atoms with E-state index < -0.39 is 0 Å². The molecule has 17 heavy (non-hydrogen) atoms. The van der Waals surface area contributed by atoms with Crippen LogP contribution in [-0.4, -0.2) is 15.0 Å². The van der Waals surface area contributed by atoms with Crippen LogP contribution in [-0.2, 0) is 0 Å². The summed E-state index contributed by atoms with van der Waals surface area (Å²) in [7, 11) is 0. The number of aromatic nitrogens is 3. The second kappa shape index (κ2) is 3.72. The third kappa shape index (κ3) is 1.54. The number of rotatable bonds is 1. The van der Waals surface area contributed by atoms with Crippen molar-refractivity contribution in [3.05, 3.63) is 59.9 Å². The molecule has 2 aromatic carbocycles. The summed E-state index contributed by atoms with van der Waals surface area (Å²) in [6.45, 7) is 7.02. The number of benzene rings is 2. The summed E-state index contributed by atoms with van der Waals surface area (Å²) in [5, 5.41) is 8.19. The molecule has 3 aromatic rings. The summed E-state index contributed by atoms with van der Waals surface area (Å²) in [6, 6.07) is 15.1. The Bertz CT molecular complexity index is 707. The van der Waals surface area contributed by atoms with Crippen LogP contribution in [0.25, 0.3) is 21.6 Å². The molecule has 0 amide bonds. The van der Waals surface area contributed by atoms with Gasteiger partial charge in [0.05, 0.1) is 17.8 Å². The molecular weight excluding hydrogens is 212 g/mol. The number of fused-ring (bicyclic) bond motifs is 1. The van der Waals surface area contributed by atoms with Crippen molar-refractivity contribution in [3.63, 3.8) is 0 Å². The van der Waals surface area contributed by atoms with Crippen molar-refractivity contribution >= 4 is 16.7 Å². The van der Waals surface area contributed by atoms with Crippen LogP contribution in [0.1, 0.15) is 0 Å². The van der Waals surface area contributed by atoms with Gasteiger partial charge in [-0.2, -0.15) is 0 Å². The Morgan fingerprint density at radius 3 is 2.65 bits per heavy atom. The zero-order chi connectivity index (χ0) is 11.7. The molecule has 0 bridgehead atoms. The Morgan fingerprint density at radius 1 is 1.06 bits per heavy atom. The summed E-state index contributed by atoms with van der Waals surface area (Å²) >= 11 is 0. The molecule has 0 aliphatic carbocycles. The number of hydrogen-bond donors (Lipinski definition) is 0. The Hall–Kier alpha value is -2.67. The van der Waals surface area contributed by atoms with Gasteiger partial charge in [-0.25, -0.2) is 9.53 Å². The summed E-state index contributed by atoms with van der Waals surface area (Å²) in [5.41, 5.74) is 3.18. The molecule has 3 rings (SSSR count). The van der Waals surface area contributed by atoms with Gasteiger partial charge >= 0.3 is 0 Å². The molecule has 0 atom stereocenters. The van der Waals surface area contributed by atoms with Crippen molar-refractivity contribution in [2.45, 2.75) is 0 Å². The van der Waals surface area contributed by atoms with Crippen LogP contribution >= 0.6 is 0 Å². The summed E-state index contributed by atoms with van der Waals surface area (Å²) < 4.78 is 1.74. The van der Waals surface area contributed by atoms with E-state index >= 15 is 0 Å². The van der Waals surface area contributed by atoms with Gasteiger partial charge in [-0.05, 0) is 24.3 Å². The van der Waals surface area contributed by atoms with Gasteiger partial charge in [0.2, 0.25) is 0 Å². The SMILES string of the molecule is [C-]#[N+]c1ccc2nnn(-c3ccccc3)c2c1. The normalized spacial score (nSPS) is 10.3. The van der Waals surface area contributed by atoms with Crippen LogP contribution in [0.5, 0.6) is 0 Å². The van der Waals surface area contributed by atoms with Crippen molar-refractivity contribution < 1.29 is 0 Å². The number of para-hydroxylation sites is 1. The predicted octanol–water partition coefficient (Wildman–Crippen LogP) is 2.97. The first kappa shape index (κ1) is 9.55. The molecule has 0 spiro atoms. The van der Waals surface area contributed by atoms with E-state index in [1.54, 1.807) is 16.8 Å². The topological polar surface area (TPSA) is 35.1 Å². The molecule has 0 unspecified atom stereocenters. The maximum absolute atomic E-state index is 7.02. The van der Waals surface area contributed by atoms with Crippen molar-refractivity contribution in [2.24, 2.45) is 0 Å². The second-order valence-corrected chi connectivity index (χ2v) is 3.62. The standard InChI is InChI=1S/C13H8N4/c1-14-10-7-8-12-13(9-10)17(16-15-12)11-5-3-2-4-6-11/h2-9H. The molecule has 80 valence electrons. The third-order valence-corrected chi connectivity index (χ3v) is 2.56. The highest BCUT2D eigenvalue weighted by Gasteiger charge is 2.06. The van der Waals surface area contributed by atoms with E-state index in [1.165, 1.54) is 0 Å². The highest BCUT2D eigenvalue weighted by molar-refractivity contribution is 5.80. The maximum atomic E-state index is 7.02. The van der Waals surface area contributed by atoms with Crippen LogP contribution in [0.4, 0.5) is 5.69 Å². The molecule has 4 heteroatoms. The number of hydrogen-bond acceptors (Lipinski definition) is 2. The van der Waals surface area contributed by atoms with Crippen molar-refractivity contribution in [2.75, 3.05) is 0 Å². The molecule has 0 aliphatic rings. The Kier molecular flexibility index (Phi) is 2.09. The smallest absolute Gasteiger partial charge is 0.189 e. The predicted molar refractivity (Wildman–Crippen MR) is 65.1 cm³/mol. The van der Waals surface area contributed by atoms with Crippen LogP contribution in [0.3, 0.4) is 0 Å². The van der Waals surface area contributed by atoms with Crippen LogP contribution in [0.2, 0.25) is 0 Å². The second-order valence-electron chi connectivity index (χ2n) is 3.62. The largest absolute Gasteiger partial charge is 0.238 e. The van der Waals surface area contributed by atoms with Crippen LogP contribution < -0.4 is 0 Å². The summed E-state index contributed by atoms with van der Waals surface area (Å²) in [5.74, 6) is 0. The van der Waals surface area contributed by atoms with Gasteiger partial charge in [0.15, 0.2) is 5.69 Å². The van der Waals surface area contributed by atoms with Gasteiger partial charge in [0.25, 0.3) is 0 Å². The minimum absolute atomic E-state index is 0.594. The lowest BCUT2D eigenvalue weighted by atomic mass is 10.2. The molecule has 0 fully saturated rings. The maximum Gasteiger partial charge on any atom is 0.189 e. The molecule has 0 N–H and O–H groups in total. The van der Waals surface area contributed by atoms with E-state index in [9.17, 15) is 0 Å². The molecule has 0 saturated carbocycles. The molecule has 0 radical (unpaired) electrons. The Morgan fingerprint density at radius 2 is 1.88 bits per heavy atom. The van der Waals surface area contributed by atoms with E-state index in [4.69, 9.17) is 6.57 Å². The van der Waals surface area contributed by atoms with Crippen molar-refractivity contribution in [1.82, 2.24) is 15.0 Å². The van der Waals surface area contributed by atoms with Gasteiger partial charge in [-0.15, -0.1) is 5.10 Å². The highest BCUT2D eigenvalue weighted by atomic mass is 15.4. The van der Waals surface area contributed by atoms with Gasteiger partial charge in [-0.1, -0.05) is 29.5 Å². The van der Waals surface area contributed by atoms with E-state index in [1.807, 2.05) is 36.4 Å². The van der Waals surface area contributed by atoms with Crippen molar-refractivity contribution in [1.29, 1.82) is 0 Å². The minimum atomic E-state index is 0.594. The van der Waals surface area contributed by atoms with Gasteiger partial charge in [0, 0.05) is 0 Å². The molecule has 0 saturated heterocycles. The average molecular weight is 220 g/mol. The fourth-order valence-electron chi connectivity index (χ4n) is 1.74. The molecule has 0 aliphatic heterocycles. The molecular formula is C13H8N4. The molecule has 1 heterocycles. The van der Waals surface area contributed by atoms with Gasteiger partial charge < -0.3 is 0 Å². The average Bonchev–Trinajstić information content (AvgIpc) is 2.82. The summed E-state index contributed by atoms with van der Waals surface area (Å²) in [6.07, 6.45) is 0. The number of nitrogens with zero attached hydrogens (tertiary/aromatic N) is 4. The van der Waals surface area contributed by atoms with Crippen LogP contribution in [0.15, 0.2) is 48.5 Å². The lowest BCUT2D eigenvalue weighted by molar-refractivity contribution is 0.824. The Balaban J connectivity index is 2.28. The highest BCUT2D eigenvalue weighted by Crippen LogP contribution is 2.21. The molecule has 1 aromatic heterocycles. The monoisotopic (exact) mass is 220 g/mol. The first-order valence-electron chi connectivity index (χ1n) is 5.17. The van der Waals surface area contributed by atoms with E-state index in [-0.39, 0.29) is 0 Å². The quantitative estimate of drug-likeness (QED) is 0.591. The van der Waals surface area contributed by atoms with E-state index in [2.05, 4.69) is 15.2 Å². The minimum Gasteiger partial charge on any atom is -0.238 e. The Labute approximate surface area is 97.9 Å². The third-order valence-electron chi connectivity index (χ3n) is 2.56. The van der Waals surface area contributed by atoms with Gasteiger partial charge in [0.1, 0.15) is 5.52 Å². The van der Waals surface area contributed by atoms with E-state index in [0.29, 0.717) is 5.69 Å². The van der Waals surface area contributed by atoms with Crippen LogP contribution in [0, 0.1) is 6.57 Å². The van der Waals surface area contributed by atoms with Gasteiger partial charge in [-0.3, -0.25) is 0 Å². The fourth-order valence-corrected chi connectivity index (χ4v) is 1.74. The lowest BCUT2D eigenvalue weighted by Crippen LogP contribution is -1.95. The summed E-state index contributed by atoms with van der Waals surface area (Å²) in [4.78, 5) is 3.42. The zero-order valence-corrected chi connectivity index (χ0v) is 8.91. The first-order valence-corrected chi connectivity index (χ1v) is 5.17. The lowest BCUT2D eigenvalue weighted by Gasteiger charge is -2.01. The first-order chi connectivity index (χ1) is 8.38. The van der Waals surface area contributed by atoms with Crippen molar-refractivity contribution in [3.8, 4) is 5.69 Å². The zero-order valence-electron chi connectivity index (χ0n) is 8.91. The molecule has 4 nitrogen and oxygen atoms in total. The fraction of sp³-hybridized carbons (Fsp3) is 0.